The maximum absolute atomic E-state index is 5.88. The van der Waals surface area contributed by atoms with Gasteiger partial charge in [-0.25, -0.2) is 0 Å². The molecule has 0 N–H and O–H groups in total. The highest BCUT2D eigenvalue weighted by Crippen LogP contribution is 2.23. The fourth-order valence-electron chi connectivity index (χ4n) is 1.18. The second-order valence-corrected chi connectivity index (χ2v) is 5.30. The molecule has 0 radical (unpaired) electrons. The lowest BCUT2D eigenvalue weighted by atomic mass is 9.88. The van der Waals surface area contributed by atoms with E-state index < -0.39 is 0 Å². The first kappa shape index (κ1) is 12.9. The first-order valence-corrected chi connectivity index (χ1v) is 5.03. The standard InChI is InChI=1S/C11H25NO/c1-9(2)13-10(8-12(6)7)11(3,4)5/h9-10H,8H2,1-7H3. The van der Waals surface area contributed by atoms with Gasteiger partial charge in [0.05, 0.1) is 12.2 Å². The summed E-state index contributed by atoms with van der Waals surface area (Å²) in [5.74, 6) is 0. The van der Waals surface area contributed by atoms with Crippen molar-refractivity contribution in [1.82, 2.24) is 4.90 Å². The van der Waals surface area contributed by atoms with Crippen LogP contribution in [0.25, 0.3) is 0 Å². The van der Waals surface area contributed by atoms with Crippen molar-refractivity contribution >= 4 is 0 Å². The van der Waals surface area contributed by atoms with Crippen molar-refractivity contribution in [3.05, 3.63) is 0 Å². The van der Waals surface area contributed by atoms with Crippen LogP contribution < -0.4 is 0 Å². The van der Waals surface area contributed by atoms with Gasteiger partial charge in [0.2, 0.25) is 0 Å². The Kier molecular flexibility index (Phi) is 4.93. The lowest BCUT2D eigenvalue weighted by molar-refractivity contribution is -0.0620. The van der Waals surface area contributed by atoms with E-state index in [-0.39, 0.29) is 5.41 Å². The molecule has 0 aromatic heterocycles. The molecule has 0 bridgehead atoms. The molecule has 0 fully saturated rings. The zero-order valence-corrected chi connectivity index (χ0v) is 10.2. The smallest absolute Gasteiger partial charge is 0.0753 e. The van der Waals surface area contributed by atoms with Crippen molar-refractivity contribution in [1.29, 1.82) is 0 Å². The van der Waals surface area contributed by atoms with Gasteiger partial charge in [-0.05, 0) is 33.4 Å². The van der Waals surface area contributed by atoms with Crippen molar-refractivity contribution in [2.24, 2.45) is 5.41 Å². The third-order valence-electron chi connectivity index (χ3n) is 1.93. The molecule has 13 heavy (non-hydrogen) atoms. The number of likely N-dealkylation sites (N-methyl/N-ethyl adjacent to an activating group) is 1. The Morgan fingerprint density at radius 2 is 1.62 bits per heavy atom. The van der Waals surface area contributed by atoms with Crippen LogP contribution >= 0.6 is 0 Å². The SMILES string of the molecule is CC(C)OC(CN(C)C)C(C)(C)C. The first-order valence-electron chi connectivity index (χ1n) is 5.03. The first-order chi connectivity index (χ1) is 5.73. The van der Waals surface area contributed by atoms with E-state index in [0.717, 1.165) is 6.54 Å². The van der Waals surface area contributed by atoms with E-state index >= 15 is 0 Å². The van der Waals surface area contributed by atoms with Crippen molar-refractivity contribution in [3.8, 4) is 0 Å². The molecule has 0 aliphatic rings. The van der Waals surface area contributed by atoms with Crippen LogP contribution in [0.4, 0.5) is 0 Å². The zero-order valence-electron chi connectivity index (χ0n) is 10.2. The average Bonchev–Trinajstić information content (AvgIpc) is 1.81. The van der Waals surface area contributed by atoms with Gasteiger partial charge in [0.25, 0.3) is 0 Å². The summed E-state index contributed by atoms with van der Waals surface area (Å²) in [5, 5.41) is 0. The minimum absolute atomic E-state index is 0.217. The summed E-state index contributed by atoms with van der Waals surface area (Å²) in [5.41, 5.74) is 0.217. The van der Waals surface area contributed by atoms with E-state index in [9.17, 15) is 0 Å². The Morgan fingerprint density at radius 3 is 1.85 bits per heavy atom. The van der Waals surface area contributed by atoms with E-state index in [1.807, 2.05) is 0 Å². The Morgan fingerprint density at radius 1 is 1.15 bits per heavy atom. The van der Waals surface area contributed by atoms with Crippen LogP contribution in [-0.2, 0) is 4.74 Å². The molecule has 1 unspecified atom stereocenters. The van der Waals surface area contributed by atoms with Gasteiger partial charge in [-0.1, -0.05) is 20.8 Å². The van der Waals surface area contributed by atoms with Gasteiger partial charge >= 0.3 is 0 Å². The van der Waals surface area contributed by atoms with Gasteiger partial charge in [0.1, 0.15) is 0 Å². The maximum atomic E-state index is 5.88. The second-order valence-electron chi connectivity index (χ2n) is 5.30. The van der Waals surface area contributed by atoms with Crippen LogP contribution in [0.1, 0.15) is 34.6 Å². The average molecular weight is 187 g/mol. The molecule has 0 rings (SSSR count). The molecular formula is C11H25NO. The molecule has 0 aliphatic carbocycles. The Hall–Kier alpha value is -0.0800. The Labute approximate surface area is 83.3 Å². The molecule has 0 saturated heterocycles. The minimum atomic E-state index is 0.217. The molecule has 1 atom stereocenters. The fourth-order valence-corrected chi connectivity index (χ4v) is 1.18. The summed E-state index contributed by atoms with van der Waals surface area (Å²) in [6, 6.07) is 0. The summed E-state index contributed by atoms with van der Waals surface area (Å²) < 4.78 is 5.88. The molecule has 80 valence electrons. The topological polar surface area (TPSA) is 12.5 Å². The van der Waals surface area contributed by atoms with E-state index in [4.69, 9.17) is 4.74 Å². The molecule has 0 amide bonds. The third-order valence-corrected chi connectivity index (χ3v) is 1.93. The Balaban J connectivity index is 4.20. The lowest BCUT2D eigenvalue weighted by Crippen LogP contribution is -2.39. The summed E-state index contributed by atoms with van der Waals surface area (Å²) in [7, 11) is 4.17. The van der Waals surface area contributed by atoms with Crippen LogP contribution in [0.5, 0.6) is 0 Å². The fraction of sp³-hybridized carbons (Fsp3) is 1.00. The number of hydrogen-bond donors (Lipinski definition) is 0. The van der Waals surface area contributed by atoms with Gasteiger partial charge in [-0.3, -0.25) is 0 Å². The molecule has 0 aliphatic heterocycles. The van der Waals surface area contributed by atoms with Crippen molar-refractivity contribution in [2.75, 3.05) is 20.6 Å². The van der Waals surface area contributed by atoms with E-state index in [2.05, 4.69) is 53.6 Å². The number of ether oxygens (including phenoxy) is 1. The van der Waals surface area contributed by atoms with Crippen LogP contribution in [0.3, 0.4) is 0 Å². The highest BCUT2D eigenvalue weighted by molar-refractivity contribution is 4.77. The molecule has 0 aromatic rings. The number of rotatable bonds is 4. The maximum Gasteiger partial charge on any atom is 0.0753 e. The zero-order chi connectivity index (χ0) is 10.6. The third kappa shape index (κ3) is 6.05. The van der Waals surface area contributed by atoms with E-state index in [1.165, 1.54) is 0 Å². The monoisotopic (exact) mass is 187 g/mol. The highest BCUT2D eigenvalue weighted by atomic mass is 16.5. The molecule has 0 spiro atoms. The molecule has 0 saturated carbocycles. The molecule has 0 aromatic carbocycles. The summed E-state index contributed by atoms with van der Waals surface area (Å²) in [4.78, 5) is 2.18. The van der Waals surface area contributed by atoms with Crippen LogP contribution in [0, 0.1) is 5.41 Å². The van der Waals surface area contributed by atoms with Gasteiger partial charge in [0.15, 0.2) is 0 Å². The van der Waals surface area contributed by atoms with E-state index in [0.29, 0.717) is 12.2 Å². The summed E-state index contributed by atoms with van der Waals surface area (Å²) >= 11 is 0. The van der Waals surface area contributed by atoms with Gasteiger partial charge < -0.3 is 9.64 Å². The largest absolute Gasteiger partial charge is 0.374 e. The highest BCUT2D eigenvalue weighted by Gasteiger charge is 2.26. The molecule has 2 nitrogen and oxygen atoms in total. The van der Waals surface area contributed by atoms with Crippen LogP contribution in [0.15, 0.2) is 0 Å². The molecule has 2 heteroatoms. The number of hydrogen-bond acceptors (Lipinski definition) is 2. The lowest BCUT2D eigenvalue weighted by Gasteiger charge is -2.34. The predicted molar refractivity (Wildman–Crippen MR) is 58.0 cm³/mol. The van der Waals surface area contributed by atoms with Crippen molar-refractivity contribution < 1.29 is 4.74 Å². The van der Waals surface area contributed by atoms with Gasteiger partial charge in [0, 0.05) is 6.54 Å². The second kappa shape index (κ2) is 4.97. The van der Waals surface area contributed by atoms with Gasteiger partial charge in [-0.2, -0.15) is 0 Å². The molecule has 0 heterocycles. The number of nitrogens with zero attached hydrogens (tertiary/aromatic N) is 1. The predicted octanol–water partition coefficient (Wildman–Crippen LogP) is 2.39. The minimum Gasteiger partial charge on any atom is -0.374 e. The summed E-state index contributed by atoms with van der Waals surface area (Å²) in [6.07, 6.45) is 0.617. The quantitative estimate of drug-likeness (QED) is 0.670. The van der Waals surface area contributed by atoms with E-state index in [1.54, 1.807) is 0 Å². The van der Waals surface area contributed by atoms with Gasteiger partial charge in [-0.15, -0.1) is 0 Å². The van der Waals surface area contributed by atoms with Crippen LogP contribution in [0.2, 0.25) is 0 Å². The van der Waals surface area contributed by atoms with Crippen molar-refractivity contribution in [2.45, 2.75) is 46.8 Å². The summed E-state index contributed by atoms with van der Waals surface area (Å²) in [6.45, 7) is 11.8. The Bertz CT molecular complexity index is 126. The normalized spacial score (nSPS) is 15.5. The van der Waals surface area contributed by atoms with Crippen molar-refractivity contribution in [3.63, 3.8) is 0 Å². The van der Waals surface area contributed by atoms with Crippen LogP contribution in [-0.4, -0.2) is 37.7 Å². The molecular weight excluding hydrogens is 162 g/mol.